The second-order valence-corrected chi connectivity index (χ2v) is 8.31. The lowest BCUT2D eigenvalue weighted by atomic mass is 9.95. The highest BCUT2D eigenvalue weighted by molar-refractivity contribution is 7.92. The van der Waals surface area contributed by atoms with Crippen LogP contribution in [0.1, 0.15) is 32.8 Å². The van der Waals surface area contributed by atoms with Crippen molar-refractivity contribution < 1.29 is 12.8 Å². The fourth-order valence-electron chi connectivity index (χ4n) is 2.04. The molecule has 5 heteroatoms. The van der Waals surface area contributed by atoms with E-state index < -0.39 is 14.6 Å². The Kier molecular flexibility index (Phi) is 5.71. The van der Waals surface area contributed by atoms with E-state index in [-0.39, 0.29) is 11.9 Å². The minimum Gasteiger partial charge on any atom is -0.312 e. The molecule has 1 rings (SSSR count). The fraction of sp³-hybridized carbons (Fsp3) is 0.600. The molecule has 1 atom stereocenters. The molecule has 3 nitrogen and oxygen atoms in total. The molecule has 0 amide bonds. The Morgan fingerprint density at radius 1 is 1.35 bits per heavy atom. The van der Waals surface area contributed by atoms with Gasteiger partial charge in [-0.25, -0.2) is 12.8 Å². The van der Waals surface area contributed by atoms with Gasteiger partial charge in [0, 0.05) is 12.3 Å². The first-order valence-corrected chi connectivity index (χ1v) is 8.75. The standard InChI is InChI=1S/C15H24FNO2S/c1-5-9-17-14(15(2,3)20(4,18)19)11-12-7-6-8-13(16)10-12/h6-8,10,14,17H,5,9,11H2,1-4H3. The van der Waals surface area contributed by atoms with Gasteiger partial charge in [0.2, 0.25) is 0 Å². The normalized spacial score (nSPS) is 14.2. The van der Waals surface area contributed by atoms with E-state index in [9.17, 15) is 12.8 Å². The van der Waals surface area contributed by atoms with Crippen molar-refractivity contribution in [1.29, 1.82) is 0 Å². The summed E-state index contributed by atoms with van der Waals surface area (Å²) in [7, 11) is -3.22. The summed E-state index contributed by atoms with van der Waals surface area (Å²) in [6.45, 7) is 6.20. The Labute approximate surface area is 121 Å². The lowest BCUT2D eigenvalue weighted by Gasteiger charge is -2.33. The van der Waals surface area contributed by atoms with Crippen molar-refractivity contribution in [2.24, 2.45) is 0 Å². The molecular formula is C15H24FNO2S. The van der Waals surface area contributed by atoms with E-state index in [0.29, 0.717) is 6.42 Å². The SMILES string of the molecule is CCCNC(Cc1cccc(F)c1)C(C)(C)S(C)(=O)=O. The minimum atomic E-state index is -3.22. The summed E-state index contributed by atoms with van der Waals surface area (Å²) in [4.78, 5) is 0. The van der Waals surface area contributed by atoms with E-state index in [1.807, 2.05) is 13.0 Å². The summed E-state index contributed by atoms with van der Waals surface area (Å²) >= 11 is 0. The number of benzene rings is 1. The summed E-state index contributed by atoms with van der Waals surface area (Å²) in [5.41, 5.74) is 0.801. The Hall–Kier alpha value is -0.940. The van der Waals surface area contributed by atoms with Crippen molar-refractivity contribution in [3.63, 3.8) is 0 Å². The van der Waals surface area contributed by atoms with Crippen LogP contribution in [0.15, 0.2) is 24.3 Å². The molecule has 0 heterocycles. The molecule has 1 aromatic rings. The average Bonchev–Trinajstić information content (AvgIpc) is 2.33. The van der Waals surface area contributed by atoms with Crippen LogP contribution in [-0.4, -0.2) is 32.0 Å². The molecule has 0 aliphatic carbocycles. The first-order chi connectivity index (χ1) is 9.18. The minimum absolute atomic E-state index is 0.251. The molecular weight excluding hydrogens is 277 g/mol. The molecule has 0 aliphatic heterocycles. The molecule has 0 radical (unpaired) electrons. The maximum atomic E-state index is 13.3. The van der Waals surface area contributed by atoms with Crippen LogP contribution in [-0.2, 0) is 16.3 Å². The lowest BCUT2D eigenvalue weighted by Crippen LogP contribution is -2.52. The molecule has 1 aromatic carbocycles. The van der Waals surface area contributed by atoms with Crippen LogP contribution in [0.4, 0.5) is 4.39 Å². The monoisotopic (exact) mass is 301 g/mol. The molecule has 1 unspecified atom stereocenters. The molecule has 0 saturated carbocycles. The van der Waals surface area contributed by atoms with E-state index in [2.05, 4.69) is 5.32 Å². The highest BCUT2D eigenvalue weighted by Crippen LogP contribution is 2.23. The fourth-order valence-corrected chi connectivity index (χ4v) is 2.72. The van der Waals surface area contributed by atoms with E-state index in [0.717, 1.165) is 18.5 Å². The first-order valence-electron chi connectivity index (χ1n) is 6.86. The smallest absolute Gasteiger partial charge is 0.154 e. The number of hydrogen-bond donors (Lipinski definition) is 1. The third kappa shape index (κ3) is 4.28. The maximum absolute atomic E-state index is 13.3. The third-order valence-electron chi connectivity index (χ3n) is 3.76. The molecule has 0 fully saturated rings. The summed E-state index contributed by atoms with van der Waals surface area (Å²) in [6, 6.07) is 6.06. The lowest BCUT2D eigenvalue weighted by molar-refractivity contribution is 0.406. The van der Waals surface area contributed by atoms with Gasteiger partial charge in [0.1, 0.15) is 5.82 Å². The van der Waals surface area contributed by atoms with Gasteiger partial charge in [0.25, 0.3) is 0 Å². The predicted molar refractivity (Wildman–Crippen MR) is 81.1 cm³/mol. The number of rotatable bonds is 7. The van der Waals surface area contributed by atoms with Crippen molar-refractivity contribution in [3.8, 4) is 0 Å². The van der Waals surface area contributed by atoms with E-state index in [1.54, 1.807) is 19.9 Å². The van der Waals surface area contributed by atoms with Crippen molar-refractivity contribution in [2.45, 2.75) is 44.4 Å². The molecule has 1 N–H and O–H groups in total. The van der Waals surface area contributed by atoms with Gasteiger partial charge in [-0.1, -0.05) is 19.1 Å². The van der Waals surface area contributed by atoms with Crippen LogP contribution in [0.25, 0.3) is 0 Å². The van der Waals surface area contributed by atoms with Gasteiger partial charge in [-0.05, 0) is 50.9 Å². The third-order valence-corrected chi connectivity index (χ3v) is 5.96. The first kappa shape index (κ1) is 17.1. The van der Waals surface area contributed by atoms with E-state index in [4.69, 9.17) is 0 Å². The van der Waals surface area contributed by atoms with Gasteiger partial charge in [0.05, 0.1) is 4.75 Å². The quantitative estimate of drug-likeness (QED) is 0.842. The molecule has 0 saturated heterocycles. The molecule has 114 valence electrons. The van der Waals surface area contributed by atoms with Crippen molar-refractivity contribution in [2.75, 3.05) is 12.8 Å². The van der Waals surface area contributed by atoms with Crippen LogP contribution in [0, 0.1) is 5.82 Å². The summed E-state index contributed by atoms with van der Waals surface area (Å²) < 4.78 is 36.4. The van der Waals surface area contributed by atoms with Crippen LogP contribution in [0.5, 0.6) is 0 Å². The van der Waals surface area contributed by atoms with E-state index >= 15 is 0 Å². The Bertz CT molecular complexity index is 541. The van der Waals surface area contributed by atoms with Crippen LogP contribution >= 0.6 is 0 Å². The Morgan fingerprint density at radius 3 is 2.50 bits per heavy atom. The zero-order chi connectivity index (χ0) is 15.4. The molecule has 0 bridgehead atoms. The van der Waals surface area contributed by atoms with Gasteiger partial charge >= 0.3 is 0 Å². The Morgan fingerprint density at radius 2 is 2.00 bits per heavy atom. The predicted octanol–water partition coefficient (Wildman–Crippen LogP) is 2.56. The van der Waals surface area contributed by atoms with Crippen LogP contribution < -0.4 is 5.32 Å². The summed E-state index contributed by atoms with van der Waals surface area (Å²) in [5, 5.41) is 3.28. The molecule has 0 aromatic heterocycles. The van der Waals surface area contributed by atoms with Gasteiger partial charge in [-0.3, -0.25) is 0 Å². The van der Waals surface area contributed by atoms with Gasteiger partial charge in [-0.15, -0.1) is 0 Å². The molecule has 0 aliphatic rings. The zero-order valence-corrected chi connectivity index (χ0v) is 13.4. The maximum Gasteiger partial charge on any atom is 0.154 e. The zero-order valence-electron chi connectivity index (χ0n) is 12.6. The topological polar surface area (TPSA) is 46.2 Å². The number of nitrogens with one attached hydrogen (secondary N) is 1. The van der Waals surface area contributed by atoms with Gasteiger partial charge in [-0.2, -0.15) is 0 Å². The summed E-state index contributed by atoms with van der Waals surface area (Å²) in [5.74, 6) is -0.297. The number of sulfone groups is 1. The van der Waals surface area contributed by atoms with Crippen molar-refractivity contribution in [3.05, 3.63) is 35.6 Å². The highest BCUT2D eigenvalue weighted by Gasteiger charge is 2.38. The second kappa shape index (κ2) is 6.68. The molecule has 0 spiro atoms. The van der Waals surface area contributed by atoms with Crippen LogP contribution in [0.3, 0.4) is 0 Å². The highest BCUT2D eigenvalue weighted by atomic mass is 32.2. The average molecular weight is 301 g/mol. The Balaban J connectivity index is 3.01. The molecule has 20 heavy (non-hydrogen) atoms. The van der Waals surface area contributed by atoms with E-state index in [1.165, 1.54) is 18.4 Å². The summed E-state index contributed by atoms with van der Waals surface area (Å²) in [6.07, 6.45) is 2.65. The number of halogens is 1. The van der Waals surface area contributed by atoms with Crippen LogP contribution in [0.2, 0.25) is 0 Å². The van der Waals surface area contributed by atoms with Crippen molar-refractivity contribution in [1.82, 2.24) is 5.32 Å². The second-order valence-electron chi connectivity index (χ2n) is 5.72. The number of hydrogen-bond acceptors (Lipinski definition) is 3. The van der Waals surface area contributed by atoms with Gasteiger partial charge in [0.15, 0.2) is 9.84 Å². The van der Waals surface area contributed by atoms with Gasteiger partial charge < -0.3 is 5.32 Å². The van der Waals surface area contributed by atoms with Crippen molar-refractivity contribution >= 4 is 9.84 Å². The largest absolute Gasteiger partial charge is 0.312 e.